The van der Waals surface area contributed by atoms with Gasteiger partial charge in [0.05, 0.1) is 6.61 Å². The Hall–Kier alpha value is -0.860. The summed E-state index contributed by atoms with van der Waals surface area (Å²) in [4.78, 5) is 0. The van der Waals surface area contributed by atoms with Crippen LogP contribution in [0.3, 0.4) is 0 Å². The number of hydrogen-bond acceptors (Lipinski definition) is 2. The van der Waals surface area contributed by atoms with Crippen molar-refractivity contribution in [2.75, 3.05) is 13.2 Å². The van der Waals surface area contributed by atoms with Gasteiger partial charge >= 0.3 is 0 Å². The number of nitrogens with one attached hydrogen (secondary N) is 1. The summed E-state index contributed by atoms with van der Waals surface area (Å²) < 4.78 is 0. The van der Waals surface area contributed by atoms with E-state index in [-0.39, 0.29) is 12.6 Å². The van der Waals surface area contributed by atoms with E-state index in [0.717, 1.165) is 13.0 Å². The first-order valence-corrected chi connectivity index (χ1v) is 7.43. The van der Waals surface area contributed by atoms with Gasteiger partial charge in [-0.05, 0) is 29.7 Å². The van der Waals surface area contributed by atoms with Gasteiger partial charge in [-0.1, -0.05) is 58.0 Å². The van der Waals surface area contributed by atoms with Crippen LogP contribution in [0.4, 0.5) is 0 Å². The van der Waals surface area contributed by atoms with Crippen LogP contribution in [0, 0.1) is 11.8 Å². The summed E-state index contributed by atoms with van der Waals surface area (Å²) >= 11 is 0. The fourth-order valence-electron chi connectivity index (χ4n) is 2.52. The summed E-state index contributed by atoms with van der Waals surface area (Å²) in [6.45, 7) is 10.1. The standard InChI is InChI=1S/C17H29NO/c1-13(2)10-16(12-19)18-11-17(14(3)4)15-8-6-5-7-9-15/h5-9,13-14,16-19H,10-12H2,1-4H3. The molecule has 1 rings (SSSR count). The van der Waals surface area contributed by atoms with Gasteiger partial charge < -0.3 is 10.4 Å². The van der Waals surface area contributed by atoms with Gasteiger partial charge in [-0.15, -0.1) is 0 Å². The van der Waals surface area contributed by atoms with E-state index in [1.54, 1.807) is 0 Å². The van der Waals surface area contributed by atoms with Crippen molar-refractivity contribution in [1.82, 2.24) is 5.32 Å². The fourth-order valence-corrected chi connectivity index (χ4v) is 2.52. The smallest absolute Gasteiger partial charge is 0.0584 e. The molecule has 0 aliphatic heterocycles. The Kier molecular flexibility index (Phi) is 7.11. The zero-order valence-corrected chi connectivity index (χ0v) is 12.8. The van der Waals surface area contributed by atoms with Crippen LogP contribution in [0.15, 0.2) is 30.3 Å². The monoisotopic (exact) mass is 263 g/mol. The molecule has 19 heavy (non-hydrogen) atoms. The maximum absolute atomic E-state index is 9.43. The second-order valence-electron chi connectivity index (χ2n) is 6.18. The highest BCUT2D eigenvalue weighted by Gasteiger charge is 2.17. The van der Waals surface area contributed by atoms with Gasteiger partial charge in [0.2, 0.25) is 0 Å². The molecule has 0 bridgehead atoms. The highest BCUT2D eigenvalue weighted by atomic mass is 16.3. The predicted octanol–water partition coefficient (Wildman–Crippen LogP) is 3.42. The number of rotatable bonds is 8. The highest BCUT2D eigenvalue weighted by molar-refractivity contribution is 5.20. The summed E-state index contributed by atoms with van der Waals surface area (Å²) in [5.74, 6) is 1.70. The minimum atomic E-state index is 0.213. The molecule has 0 aliphatic rings. The van der Waals surface area contributed by atoms with Crippen molar-refractivity contribution < 1.29 is 5.11 Å². The molecule has 0 aliphatic carbocycles. The topological polar surface area (TPSA) is 32.3 Å². The lowest BCUT2D eigenvalue weighted by Gasteiger charge is -2.26. The second kappa shape index (κ2) is 8.34. The molecule has 108 valence electrons. The number of hydrogen-bond donors (Lipinski definition) is 2. The molecule has 0 aromatic heterocycles. The van der Waals surface area contributed by atoms with Crippen LogP contribution in [0.25, 0.3) is 0 Å². The Balaban J connectivity index is 2.60. The Bertz CT molecular complexity index is 334. The summed E-state index contributed by atoms with van der Waals surface area (Å²) in [5, 5.41) is 13.0. The number of benzene rings is 1. The molecule has 0 spiro atoms. The van der Waals surface area contributed by atoms with E-state index < -0.39 is 0 Å². The average Bonchev–Trinajstić information content (AvgIpc) is 2.38. The third-order valence-corrected chi connectivity index (χ3v) is 3.64. The predicted molar refractivity (Wildman–Crippen MR) is 82.4 cm³/mol. The molecule has 0 saturated carbocycles. The van der Waals surface area contributed by atoms with Gasteiger partial charge in [0.25, 0.3) is 0 Å². The minimum absolute atomic E-state index is 0.213. The quantitative estimate of drug-likeness (QED) is 0.753. The molecule has 0 saturated heterocycles. The lowest BCUT2D eigenvalue weighted by molar-refractivity contribution is 0.220. The van der Waals surface area contributed by atoms with Gasteiger partial charge in [0.15, 0.2) is 0 Å². The molecule has 2 nitrogen and oxygen atoms in total. The Morgan fingerprint density at radius 1 is 1.05 bits per heavy atom. The van der Waals surface area contributed by atoms with E-state index in [2.05, 4.69) is 63.3 Å². The van der Waals surface area contributed by atoms with Crippen LogP contribution >= 0.6 is 0 Å². The second-order valence-corrected chi connectivity index (χ2v) is 6.18. The van der Waals surface area contributed by atoms with Crippen LogP contribution in [-0.4, -0.2) is 24.3 Å². The van der Waals surface area contributed by atoms with Gasteiger partial charge in [-0.2, -0.15) is 0 Å². The van der Waals surface area contributed by atoms with Gasteiger partial charge in [-0.25, -0.2) is 0 Å². The zero-order valence-electron chi connectivity index (χ0n) is 12.8. The molecule has 2 N–H and O–H groups in total. The third kappa shape index (κ3) is 5.75. The Morgan fingerprint density at radius 2 is 1.68 bits per heavy atom. The average molecular weight is 263 g/mol. The van der Waals surface area contributed by atoms with Gasteiger partial charge in [0, 0.05) is 12.6 Å². The Labute approximate surface area is 118 Å². The van der Waals surface area contributed by atoms with Crippen molar-refractivity contribution in [3.63, 3.8) is 0 Å². The van der Waals surface area contributed by atoms with Crippen LogP contribution in [0.5, 0.6) is 0 Å². The summed E-state index contributed by atoms with van der Waals surface area (Å²) in [5.41, 5.74) is 1.38. The molecular weight excluding hydrogens is 234 g/mol. The highest BCUT2D eigenvalue weighted by Crippen LogP contribution is 2.23. The van der Waals surface area contributed by atoms with Crippen molar-refractivity contribution in [2.45, 2.75) is 46.1 Å². The van der Waals surface area contributed by atoms with Crippen LogP contribution in [0.2, 0.25) is 0 Å². The van der Waals surface area contributed by atoms with E-state index >= 15 is 0 Å². The van der Waals surface area contributed by atoms with Crippen LogP contribution < -0.4 is 5.32 Å². The molecular formula is C17H29NO. The molecule has 1 aromatic rings. The third-order valence-electron chi connectivity index (χ3n) is 3.64. The van der Waals surface area contributed by atoms with Crippen molar-refractivity contribution in [2.24, 2.45) is 11.8 Å². The summed E-state index contributed by atoms with van der Waals surface area (Å²) in [6.07, 6.45) is 1.02. The van der Waals surface area contributed by atoms with Gasteiger partial charge in [0.1, 0.15) is 0 Å². The van der Waals surface area contributed by atoms with Crippen LogP contribution in [-0.2, 0) is 0 Å². The number of aliphatic hydroxyl groups excluding tert-OH is 1. The van der Waals surface area contributed by atoms with E-state index in [1.165, 1.54) is 5.56 Å². The maximum Gasteiger partial charge on any atom is 0.0584 e. The van der Waals surface area contributed by atoms with Crippen molar-refractivity contribution >= 4 is 0 Å². The van der Waals surface area contributed by atoms with E-state index in [9.17, 15) is 5.11 Å². The minimum Gasteiger partial charge on any atom is -0.395 e. The molecule has 2 unspecified atom stereocenters. The molecule has 0 radical (unpaired) electrons. The van der Waals surface area contributed by atoms with Crippen LogP contribution in [0.1, 0.15) is 45.6 Å². The lowest BCUT2D eigenvalue weighted by Crippen LogP contribution is -2.37. The lowest BCUT2D eigenvalue weighted by atomic mass is 9.88. The molecule has 1 aromatic carbocycles. The zero-order chi connectivity index (χ0) is 14.3. The fraction of sp³-hybridized carbons (Fsp3) is 0.647. The van der Waals surface area contributed by atoms with Crippen molar-refractivity contribution in [3.8, 4) is 0 Å². The number of aliphatic hydroxyl groups is 1. The first-order valence-electron chi connectivity index (χ1n) is 7.43. The molecule has 2 heteroatoms. The molecule has 0 heterocycles. The Morgan fingerprint density at radius 3 is 2.16 bits per heavy atom. The first-order chi connectivity index (χ1) is 9.04. The van der Waals surface area contributed by atoms with Crippen molar-refractivity contribution in [1.29, 1.82) is 0 Å². The maximum atomic E-state index is 9.43. The van der Waals surface area contributed by atoms with Crippen molar-refractivity contribution in [3.05, 3.63) is 35.9 Å². The molecule has 2 atom stereocenters. The normalized spacial score (nSPS) is 14.9. The van der Waals surface area contributed by atoms with E-state index in [4.69, 9.17) is 0 Å². The summed E-state index contributed by atoms with van der Waals surface area (Å²) in [6, 6.07) is 10.9. The molecule has 0 amide bonds. The van der Waals surface area contributed by atoms with E-state index in [1.807, 2.05) is 0 Å². The SMILES string of the molecule is CC(C)CC(CO)NCC(c1ccccc1)C(C)C. The summed E-state index contributed by atoms with van der Waals surface area (Å²) in [7, 11) is 0. The van der Waals surface area contributed by atoms with Gasteiger partial charge in [-0.3, -0.25) is 0 Å². The molecule has 0 fully saturated rings. The largest absolute Gasteiger partial charge is 0.395 e. The van der Waals surface area contributed by atoms with E-state index in [0.29, 0.717) is 17.8 Å². The first kappa shape index (κ1) is 16.2.